The highest BCUT2D eigenvalue weighted by atomic mass is 79.9. The first-order chi connectivity index (χ1) is 9.61. The summed E-state index contributed by atoms with van der Waals surface area (Å²) in [6.07, 6.45) is 3.71. The molecule has 0 aliphatic heterocycles. The molecule has 0 aliphatic rings. The molecule has 0 saturated heterocycles. The SMILES string of the molecule is CCCCc1ccc(C(Br)c2cc(C)ccc2C)cc1. The molecular formula is C19H23Br. The molecule has 2 rings (SSSR count). The van der Waals surface area contributed by atoms with Crippen LogP contribution in [0.3, 0.4) is 0 Å². The summed E-state index contributed by atoms with van der Waals surface area (Å²) in [5.74, 6) is 0. The van der Waals surface area contributed by atoms with Crippen LogP contribution in [-0.2, 0) is 6.42 Å². The number of benzene rings is 2. The second kappa shape index (κ2) is 7.08. The highest BCUT2D eigenvalue weighted by molar-refractivity contribution is 9.09. The Bertz CT molecular complexity index is 554. The molecule has 1 atom stereocenters. The van der Waals surface area contributed by atoms with E-state index in [9.17, 15) is 0 Å². The number of rotatable bonds is 5. The van der Waals surface area contributed by atoms with E-state index in [1.165, 1.54) is 47.1 Å². The van der Waals surface area contributed by atoms with Gasteiger partial charge in [0.25, 0.3) is 0 Å². The Kier molecular flexibility index (Phi) is 5.42. The number of alkyl halides is 1. The fourth-order valence-corrected chi connectivity index (χ4v) is 3.25. The van der Waals surface area contributed by atoms with Gasteiger partial charge in [-0.1, -0.05) is 77.3 Å². The van der Waals surface area contributed by atoms with Crippen molar-refractivity contribution in [2.45, 2.75) is 44.9 Å². The van der Waals surface area contributed by atoms with Crippen molar-refractivity contribution < 1.29 is 0 Å². The molecule has 2 aromatic rings. The molecule has 0 spiro atoms. The maximum atomic E-state index is 3.86. The van der Waals surface area contributed by atoms with Gasteiger partial charge in [-0.05, 0) is 48.9 Å². The fraction of sp³-hybridized carbons (Fsp3) is 0.368. The van der Waals surface area contributed by atoms with Gasteiger partial charge in [-0.2, -0.15) is 0 Å². The summed E-state index contributed by atoms with van der Waals surface area (Å²) in [7, 11) is 0. The lowest BCUT2D eigenvalue weighted by molar-refractivity contribution is 0.795. The smallest absolute Gasteiger partial charge is 0.0647 e. The van der Waals surface area contributed by atoms with Gasteiger partial charge < -0.3 is 0 Å². The molecule has 0 saturated carbocycles. The third-order valence-corrected chi connectivity index (χ3v) is 4.82. The average molecular weight is 331 g/mol. The molecule has 0 fully saturated rings. The van der Waals surface area contributed by atoms with Crippen LogP contribution in [0.4, 0.5) is 0 Å². The van der Waals surface area contributed by atoms with E-state index in [0.29, 0.717) is 0 Å². The van der Waals surface area contributed by atoms with Crippen molar-refractivity contribution in [2.24, 2.45) is 0 Å². The second-order valence-corrected chi connectivity index (χ2v) is 6.48. The van der Waals surface area contributed by atoms with Crippen molar-refractivity contribution in [3.63, 3.8) is 0 Å². The summed E-state index contributed by atoms with van der Waals surface area (Å²) < 4.78 is 0. The number of hydrogen-bond donors (Lipinski definition) is 0. The van der Waals surface area contributed by atoms with E-state index < -0.39 is 0 Å². The molecule has 2 aromatic carbocycles. The van der Waals surface area contributed by atoms with Crippen LogP contribution in [0.2, 0.25) is 0 Å². The maximum Gasteiger partial charge on any atom is 0.0647 e. The van der Waals surface area contributed by atoms with Crippen molar-refractivity contribution in [3.05, 3.63) is 70.3 Å². The van der Waals surface area contributed by atoms with Crippen LogP contribution in [0.25, 0.3) is 0 Å². The molecule has 0 bridgehead atoms. The van der Waals surface area contributed by atoms with E-state index in [1.807, 2.05) is 0 Å². The first kappa shape index (κ1) is 15.3. The molecule has 0 aromatic heterocycles. The zero-order valence-corrected chi connectivity index (χ0v) is 14.2. The third kappa shape index (κ3) is 3.73. The zero-order chi connectivity index (χ0) is 14.5. The van der Waals surface area contributed by atoms with Crippen molar-refractivity contribution in [1.29, 1.82) is 0 Å². The minimum atomic E-state index is 0.280. The number of halogens is 1. The van der Waals surface area contributed by atoms with Gasteiger partial charge in [-0.3, -0.25) is 0 Å². The first-order valence-corrected chi connectivity index (χ1v) is 8.33. The number of aryl methyl sites for hydroxylation is 3. The Balaban J connectivity index is 2.20. The lowest BCUT2D eigenvalue weighted by atomic mass is 9.97. The van der Waals surface area contributed by atoms with E-state index >= 15 is 0 Å². The minimum Gasteiger partial charge on any atom is -0.0786 e. The summed E-state index contributed by atoms with van der Waals surface area (Å²) >= 11 is 3.86. The van der Waals surface area contributed by atoms with Gasteiger partial charge in [-0.15, -0.1) is 0 Å². The number of hydrogen-bond acceptors (Lipinski definition) is 0. The minimum absolute atomic E-state index is 0.280. The van der Waals surface area contributed by atoms with Gasteiger partial charge in [0.2, 0.25) is 0 Å². The molecule has 106 valence electrons. The van der Waals surface area contributed by atoms with Crippen LogP contribution in [0.1, 0.15) is 52.4 Å². The van der Waals surface area contributed by atoms with E-state index in [2.05, 4.69) is 79.2 Å². The normalized spacial score (nSPS) is 12.4. The molecule has 0 radical (unpaired) electrons. The van der Waals surface area contributed by atoms with Crippen molar-refractivity contribution in [2.75, 3.05) is 0 Å². The molecular weight excluding hydrogens is 308 g/mol. The van der Waals surface area contributed by atoms with Gasteiger partial charge in [0, 0.05) is 0 Å². The Morgan fingerprint density at radius 2 is 1.70 bits per heavy atom. The molecule has 0 aliphatic carbocycles. The van der Waals surface area contributed by atoms with Gasteiger partial charge in [0.15, 0.2) is 0 Å². The molecule has 0 amide bonds. The van der Waals surface area contributed by atoms with Crippen LogP contribution in [0.5, 0.6) is 0 Å². The van der Waals surface area contributed by atoms with Crippen LogP contribution in [0, 0.1) is 13.8 Å². The summed E-state index contributed by atoms with van der Waals surface area (Å²) in [5, 5.41) is 0. The van der Waals surface area contributed by atoms with Crippen LogP contribution >= 0.6 is 15.9 Å². The van der Waals surface area contributed by atoms with E-state index in [4.69, 9.17) is 0 Å². The predicted octanol–water partition coefficient (Wildman–Crippen LogP) is 6.13. The molecule has 0 N–H and O–H groups in total. The van der Waals surface area contributed by atoms with Gasteiger partial charge in [-0.25, -0.2) is 0 Å². The highest BCUT2D eigenvalue weighted by Crippen LogP contribution is 2.33. The maximum absolute atomic E-state index is 3.86. The zero-order valence-electron chi connectivity index (χ0n) is 12.6. The summed E-state index contributed by atoms with van der Waals surface area (Å²) in [6, 6.07) is 15.7. The van der Waals surface area contributed by atoms with Gasteiger partial charge >= 0.3 is 0 Å². The molecule has 1 heteroatoms. The molecule has 20 heavy (non-hydrogen) atoms. The molecule has 0 heterocycles. The Labute approximate surface area is 131 Å². The highest BCUT2D eigenvalue weighted by Gasteiger charge is 2.12. The molecule has 0 nitrogen and oxygen atoms in total. The number of unbranched alkanes of at least 4 members (excludes halogenated alkanes) is 1. The first-order valence-electron chi connectivity index (χ1n) is 7.42. The monoisotopic (exact) mass is 330 g/mol. The van der Waals surface area contributed by atoms with Crippen LogP contribution in [0.15, 0.2) is 42.5 Å². The van der Waals surface area contributed by atoms with Crippen molar-refractivity contribution in [1.82, 2.24) is 0 Å². The van der Waals surface area contributed by atoms with Crippen LogP contribution in [-0.4, -0.2) is 0 Å². The largest absolute Gasteiger partial charge is 0.0786 e. The lowest BCUT2D eigenvalue weighted by Gasteiger charge is -2.15. The van der Waals surface area contributed by atoms with Crippen LogP contribution < -0.4 is 0 Å². The Morgan fingerprint density at radius 3 is 2.35 bits per heavy atom. The fourth-order valence-electron chi connectivity index (χ4n) is 2.45. The second-order valence-electron chi connectivity index (χ2n) is 5.57. The standard InChI is InChI=1S/C19H23Br/c1-4-5-6-16-9-11-17(12-10-16)19(20)18-13-14(2)7-8-15(18)3/h7-13,19H,4-6H2,1-3H3. The Hall–Kier alpha value is -1.08. The third-order valence-electron chi connectivity index (χ3n) is 3.80. The van der Waals surface area contributed by atoms with Gasteiger partial charge in [0.1, 0.15) is 0 Å². The van der Waals surface area contributed by atoms with Gasteiger partial charge in [0.05, 0.1) is 4.83 Å². The Morgan fingerprint density at radius 1 is 1.00 bits per heavy atom. The topological polar surface area (TPSA) is 0 Å². The van der Waals surface area contributed by atoms with Crippen molar-refractivity contribution in [3.8, 4) is 0 Å². The average Bonchev–Trinajstić information content (AvgIpc) is 2.47. The summed E-state index contributed by atoms with van der Waals surface area (Å²) in [5.41, 5.74) is 6.80. The quantitative estimate of drug-likeness (QED) is 0.578. The predicted molar refractivity (Wildman–Crippen MR) is 91.7 cm³/mol. The van der Waals surface area contributed by atoms with E-state index in [1.54, 1.807) is 0 Å². The lowest BCUT2D eigenvalue weighted by Crippen LogP contribution is -1.97. The van der Waals surface area contributed by atoms with Crippen molar-refractivity contribution >= 4 is 15.9 Å². The van der Waals surface area contributed by atoms with E-state index in [-0.39, 0.29) is 4.83 Å². The summed E-state index contributed by atoms with van der Waals surface area (Å²) in [4.78, 5) is 0.280. The summed E-state index contributed by atoms with van der Waals surface area (Å²) in [6.45, 7) is 6.57. The molecule has 1 unspecified atom stereocenters. The van der Waals surface area contributed by atoms with E-state index in [0.717, 1.165) is 0 Å².